The molecule has 0 fully saturated rings. The molecule has 0 aliphatic rings. The Hall–Kier alpha value is -2.01. The fourth-order valence-corrected chi connectivity index (χ4v) is 2.97. The standard InChI is InChI=1S/C19H21BrO4/c1-12-7-13(2)14(3)17(8-12)23-5-6-24-19-16(20)9-15(11-21)10-18(19)22-4/h7-11H,5-6H2,1-4H3. The van der Waals surface area contributed by atoms with Gasteiger partial charge in [-0.05, 0) is 71.6 Å². The molecular formula is C19H21BrO4. The van der Waals surface area contributed by atoms with Gasteiger partial charge in [-0.25, -0.2) is 0 Å². The average Bonchev–Trinajstić information content (AvgIpc) is 2.56. The molecular weight excluding hydrogens is 372 g/mol. The van der Waals surface area contributed by atoms with Crippen LogP contribution in [0, 0.1) is 20.8 Å². The number of benzene rings is 2. The maximum absolute atomic E-state index is 10.9. The molecule has 0 radical (unpaired) electrons. The number of ether oxygens (including phenoxy) is 3. The second kappa shape index (κ2) is 8.20. The molecule has 5 heteroatoms. The van der Waals surface area contributed by atoms with E-state index in [4.69, 9.17) is 14.2 Å². The summed E-state index contributed by atoms with van der Waals surface area (Å²) in [4.78, 5) is 10.9. The van der Waals surface area contributed by atoms with Crippen molar-refractivity contribution >= 4 is 22.2 Å². The Morgan fingerprint density at radius 2 is 1.71 bits per heavy atom. The van der Waals surface area contributed by atoms with Gasteiger partial charge < -0.3 is 14.2 Å². The number of carbonyl (C=O) groups is 1. The Bertz CT molecular complexity index is 741. The monoisotopic (exact) mass is 392 g/mol. The largest absolute Gasteiger partial charge is 0.493 e. The Kier molecular flexibility index (Phi) is 6.26. The molecule has 2 aromatic rings. The number of halogens is 1. The molecule has 0 saturated carbocycles. The number of hydrogen-bond donors (Lipinski definition) is 0. The summed E-state index contributed by atoms with van der Waals surface area (Å²) in [6.45, 7) is 6.94. The molecule has 0 saturated heterocycles. The molecule has 128 valence electrons. The predicted molar refractivity (Wildman–Crippen MR) is 97.7 cm³/mol. The maximum Gasteiger partial charge on any atom is 0.175 e. The van der Waals surface area contributed by atoms with E-state index in [0.717, 1.165) is 17.6 Å². The van der Waals surface area contributed by atoms with E-state index in [1.807, 2.05) is 19.9 Å². The first-order chi connectivity index (χ1) is 11.5. The van der Waals surface area contributed by atoms with Gasteiger partial charge in [0.2, 0.25) is 0 Å². The first-order valence-corrected chi connectivity index (χ1v) is 8.41. The summed E-state index contributed by atoms with van der Waals surface area (Å²) in [5.41, 5.74) is 4.03. The normalized spacial score (nSPS) is 10.4. The van der Waals surface area contributed by atoms with E-state index in [0.29, 0.717) is 34.7 Å². The van der Waals surface area contributed by atoms with E-state index in [1.54, 1.807) is 19.2 Å². The molecule has 24 heavy (non-hydrogen) atoms. The Morgan fingerprint density at radius 3 is 2.38 bits per heavy atom. The number of carbonyl (C=O) groups excluding carboxylic acids is 1. The van der Waals surface area contributed by atoms with E-state index in [1.165, 1.54) is 11.1 Å². The molecule has 0 bridgehead atoms. The second-order valence-corrected chi connectivity index (χ2v) is 6.41. The van der Waals surface area contributed by atoms with Crippen molar-refractivity contribution in [2.45, 2.75) is 20.8 Å². The zero-order valence-electron chi connectivity index (χ0n) is 14.3. The summed E-state index contributed by atoms with van der Waals surface area (Å²) in [6.07, 6.45) is 0.767. The minimum absolute atomic E-state index is 0.363. The third kappa shape index (κ3) is 4.29. The molecule has 0 spiro atoms. The molecule has 2 rings (SSSR count). The van der Waals surface area contributed by atoms with Gasteiger partial charge in [-0.3, -0.25) is 4.79 Å². The number of methoxy groups -OCH3 is 1. The van der Waals surface area contributed by atoms with E-state index in [-0.39, 0.29) is 0 Å². The van der Waals surface area contributed by atoms with Gasteiger partial charge in [0.15, 0.2) is 11.5 Å². The van der Waals surface area contributed by atoms with E-state index in [9.17, 15) is 4.79 Å². The zero-order chi connectivity index (χ0) is 17.7. The summed E-state index contributed by atoms with van der Waals surface area (Å²) in [6, 6.07) is 7.49. The Labute approximate surface area is 150 Å². The zero-order valence-corrected chi connectivity index (χ0v) is 15.9. The minimum Gasteiger partial charge on any atom is -0.493 e. The molecule has 4 nitrogen and oxygen atoms in total. The van der Waals surface area contributed by atoms with Gasteiger partial charge in [0.05, 0.1) is 11.6 Å². The maximum atomic E-state index is 10.9. The molecule has 0 aliphatic carbocycles. The third-order valence-electron chi connectivity index (χ3n) is 3.74. The summed E-state index contributed by atoms with van der Waals surface area (Å²) in [5, 5.41) is 0. The first-order valence-electron chi connectivity index (χ1n) is 7.62. The lowest BCUT2D eigenvalue weighted by Gasteiger charge is -2.15. The van der Waals surface area contributed by atoms with Crippen molar-refractivity contribution in [3.8, 4) is 17.2 Å². The van der Waals surface area contributed by atoms with Crippen molar-refractivity contribution in [3.63, 3.8) is 0 Å². The van der Waals surface area contributed by atoms with Crippen LogP contribution in [0.25, 0.3) is 0 Å². The molecule has 0 heterocycles. The van der Waals surface area contributed by atoms with Crippen LogP contribution in [0.2, 0.25) is 0 Å². The smallest absolute Gasteiger partial charge is 0.175 e. The van der Waals surface area contributed by atoms with Crippen LogP contribution in [0.15, 0.2) is 28.7 Å². The Balaban J connectivity index is 2.02. The van der Waals surface area contributed by atoms with Gasteiger partial charge in [0.25, 0.3) is 0 Å². The van der Waals surface area contributed by atoms with Gasteiger partial charge >= 0.3 is 0 Å². The molecule has 0 unspecified atom stereocenters. The highest BCUT2D eigenvalue weighted by Crippen LogP contribution is 2.36. The predicted octanol–water partition coefficient (Wildman–Crippen LogP) is 4.65. The Morgan fingerprint density at radius 1 is 1.00 bits per heavy atom. The van der Waals surface area contributed by atoms with Gasteiger partial charge in [-0.15, -0.1) is 0 Å². The van der Waals surface area contributed by atoms with Crippen LogP contribution in [-0.4, -0.2) is 26.6 Å². The average molecular weight is 393 g/mol. The lowest BCUT2D eigenvalue weighted by molar-refractivity contribution is 0.112. The fourth-order valence-electron chi connectivity index (χ4n) is 2.39. The van der Waals surface area contributed by atoms with Crippen LogP contribution in [0.4, 0.5) is 0 Å². The number of rotatable bonds is 7. The quantitative estimate of drug-likeness (QED) is 0.507. The van der Waals surface area contributed by atoms with Crippen LogP contribution in [0.1, 0.15) is 27.0 Å². The summed E-state index contributed by atoms with van der Waals surface area (Å²) in [5.74, 6) is 1.94. The van der Waals surface area contributed by atoms with Crippen molar-refractivity contribution in [1.29, 1.82) is 0 Å². The molecule has 0 amide bonds. The molecule has 0 aliphatic heterocycles. The van der Waals surface area contributed by atoms with Crippen molar-refractivity contribution < 1.29 is 19.0 Å². The molecule has 2 aromatic carbocycles. The highest BCUT2D eigenvalue weighted by molar-refractivity contribution is 9.10. The van der Waals surface area contributed by atoms with Crippen molar-refractivity contribution in [1.82, 2.24) is 0 Å². The van der Waals surface area contributed by atoms with Crippen molar-refractivity contribution in [2.75, 3.05) is 20.3 Å². The van der Waals surface area contributed by atoms with Crippen molar-refractivity contribution in [2.24, 2.45) is 0 Å². The van der Waals surface area contributed by atoms with Crippen LogP contribution >= 0.6 is 15.9 Å². The van der Waals surface area contributed by atoms with E-state index >= 15 is 0 Å². The third-order valence-corrected chi connectivity index (χ3v) is 4.33. The highest BCUT2D eigenvalue weighted by Gasteiger charge is 2.12. The summed E-state index contributed by atoms with van der Waals surface area (Å²) >= 11 is 3.40. The minimum atomic E-state index is 0.363. The van der Waals surface area contributed by atoms with E-state index < -0.39 is 0 Å². The van der Waals surface area contributed by atoms with Gasteiger partial charge in [-0.1, -0.05) is 6.07 Å². The summed E-state index contributed by atoms with van der Waals surface area (Å²) < 4.78 is 17.6. The van der Waals surface area contributed by atoms with Crippen LogP contribution in [0.3, 0.4) is 0 Å². The second-order valence-electron chi connectivity index (χ2n) is 5.55. The van der Waals surface area contributed by atoms with Gasteiger partial charge in [-0.2, -0.15) is 0 Å². The summed E-state index contributed by atoms with van der Waals surface area (Å²) in [7, 11) is 1.54. The van der Waals surface area contributed by atoms with Crippen LogP contribution in [0.5, 0.6) is 17.2 Å². The first kappa shape index (κ1) is 18.3. The lowest BCUT2D eigenvalue weighted by Crippen LogP contribution is -2.11. The number of hydrogen-bond acceptors (Lipinski definition) is 4. The van der Waals surface area contributed by atoms with Crippen LogP contribution in [-0.2, 0) is 0 Å². The topological polar surface area (TPSA) is 44.8 Å². The molecule has 0 N–H and O–H groups in total. The molecule has 0 aromatic heterocycles. The SMILES string of the molecule is COc1cc(C=O)cc(Br)c1OCCOc1cc(C)cc(C)c1C. The highest BCUT2D eigenvalue weighted by atomic mass is 79.9. The lowest BCUT2D eigenvalue weighted by atomic mass is 10.1. The fraction of sp³-hybridized carbons (Fsp3) is 0.316. The number of aldehydes is 1. The van der Waals surface area contributed by atoms with Crippen LogP contribution < -0.4 is 14.2 Å². The van der Waals surface area contributed by atoms with Gasteiger partial charge in [0.1, 0.15) is 25.2 Å². The number of aryl methyl sites for hydroxylation is 2. The van der Waals surface area contributed by atoms with E-state index in [2.05, 4.69) is 28.9 Å². The van der Waals surface area contributed by atoms with Gasteiger partial charge in [0, 0.05) is 5.56 Å². The molecule has 0 atom stereocenters. The van der Waals surface area contributed by atoms with Crippen molar-refractivity contribution in [3.05, 3.63) is 51.0 Å².